The van der Waals surface area contributed by atoms with Crippen molar-refractivity contribution < 1.29 is 4.79 Å². The largest absolute Gasteiger partial charge is 0.392 e. The Bertz CT molecular complexity index is 437. The van der Waals surface area contributed by atoms with Crippen LogP contribution in [-0.2, 0) is 0 Å². The summed E-state index contributed by atoms with van der Waals surface area (Å²) >= 11 is 11.4. The van der Waals surface area contributed by atoms with Gasteiger partial charge in [0.25, 0.3) is 5.91 Å². The molecular weight excluding hydrogens is 356 g/mol. The van der Waals surface area contributed by atoms with Crippen LogP contribution in [-0.4, -0.2) is 16.9 Å². The van der Waals surface area contributed by atoms with Crippen LogP contribution in [0, 0.1) is 0 Å². The predicted octanol–water partition coefficient (Wildman–Crippen LogP) is 2.62. The van der Waals surface area contributed by atoms with Gasteiger partial charge in [0, 0.05) is 8.95 Å². The zero-order chi connectivity index (χ0) is 12.3. The van der Waals surface area contributed by atoms with Crippen molar-refractivity contribution in [1.82, 2.24) is 5.32 Å². The number of hydrogen-bond acceptors (Lipinski definition) is 2. The number of nitrogens with two attached hydrogens (primary N) is 1. The summed E-state index contributed by atoms with van der Waals surface area (Å²) in [5.41, 5.74) is 5.97. The third-order valence-electron chi connectivity index (χ3n) is 1.95. The molecule has 0 bridgehead atoms. The molecule has 3 N–H and O–H groups in total. The molecule has 6 heteroatoms. The minimum Gasteiger partial charge on any atom is -0.392 e. The van der Waals surface area contributed by atoms with Crippen LogP contribution in [0.5, 0.6) is 0 Å². The molecule has 1 amide bonds. The Morgan fingerprint density at radius 3 is 2.69 bits per heavy atom. The molecule has 3 nitrogen and oxygen atoms in total. The molecule has 0 saturated heterocycles. The number of thiocarbonyl (C=S) groups is 1. The Kier molecular flexibility index (Phi) is 4.89. The quantitative estimate of drug-likeness (QED) is 0.809. The molecule has 16 heavy (non-hydrogen) atoms. The number of benzene rings is 1. The maximum Gasteiger partial charge on any atom is 0.253 e. The molecule has 0 saturated carbocycles. The smallest absolute Gasteiger partial charge is 0.253 e. The first-order chi connectivity index (χ1) is 7.41. The summed E-state index contributed by atoms with van der Waals surface area (Å²) in [6.07, 6.45) is 0. The van der Waals surface area contributed by atoms with E-state index in [0.717, 1.165) is 8.95 Å². The van der Waals surface area contributed by atoms with Gasteiger partial charge in [0.2, 0.25) is 0 Å². The highest BCUT2D eigenvalue weighted by atomic mass is 79.9. The summed E-state index contributed by atoms with van der Waals surface area (Å²) in [5.74, 6) is -0.214. The van der Waals surface area contributed by atoms with E-state index in [1.165, 1.54) is 0 Å². The van der Waals surface area contributed by atoms with Crippen molar-refractivity contribution in [3.63, 3.8) is 0 Å². The van der Waals surface area contributed by atoms with Crippen molar-refractivity contribution in [3.05, 3.63) is 32.7 Å². The third-order valence-corrected chi connectivity index (χ3v) is 3.49. The van der Waals surface area contributed by atoms with Crippen molar-refractivity contribution in [1.29, 1.82) is 0 Å². The number of amides is 1. The van der Waals surface area contributed by atoms with Gasteiger partial charge in [-0.25, -0.2) is 0 Å². The van der Waals surface area contributed by atoms with E-state index in [1.54, 1.807) is 19.1 Å². The standard InChI is InChI=1S/C10H10Br2N2OS/c1-5(9(13)16)14-10(15)7-4-6(11)2-3-8(7)12/h2-5H,1H3,(H2,13,16)(H,14,15). The van der Waals surface area contributed by atoms with Gasteiger partial charge >= 0.3 is 0 Å². The summed E-state index contributed by atoms with van der Waals surface area (Å²) in [5, 5.41) is 2.71. The summed E-state index contributed by atoms with van der Waals surface area (Å²) in [6.45, 7) is 1.74. The van der Waals surface area contributed by atoms with Gasteiger partial charge in [-0.2, -0.15) is 0 Å². The van der Waals surface area contributed by atoms with Gasteiger partial charge in [0.1, 0.15) is 0 Å². The van der Waals surface area contributed by atoms with Crippen LogP contribution >= 0.6 is 44.1 Å². The molecule has 0 aliphatic carbocycles. The molecule has 1 rings (SSSR count). The fraction of sp³-hybridized carbons (Fsp3) is 0.200. The topological polar surface area (TPSA) is 55.1 Å². The minimum absolute atomic E-state index is 0.214. The SMILES string of the molecule is CC(NC(=O)c1cc(Br)ccc1Br)C(N)=S. The number of halogens is 2. The van der Waals surface area contributed by atoms with E-state index < -0.39 is 0 Å². The van der Waals surface area contributed by atoms with Crippen molar-refractivity contribution in [2.24, 2.45) is 5.73 Å². The summed E-state index contributed by atoms with van der Waals surface area (Å²) in [4.78, 5) is 12.1. The highest BCUT2D eigenvalue weighted by Gasteiger charge is 2.14. The van der Waals surface area contributed by atoms with Gasteiger partial charge in [-0.15, -0.1) is 0 Å². The Hall–Kier alpha value is -0.460. The lowest BCUT2D eigenvalue weighted by atomic mass is 10.2. The molecule has 1 unspecified atom stereocenters. The molecule has 1 aromatic rings. The highest BCUT2D eigenvalue weighted by Crippen LogP contribution is 2.21. The Balaban J connectivity index is 2.88. The van der Waals surface area contributed by atoms with E-state index in [2.05, 4.69) is 37.2 Å². The monoisotopic (exact) mass is 364 g/mol. The maximum absolute atomic E-state index is 11.9. The minimum atomic E-state index is -0.326. The van der Waals surface area contributed by atoms with Gasteiger partial charge in [0.15, 0.2) is 0 Å². The molecule has 1 aromatic carbocycles. The van der Waals surface area contributed by atoms with Crippen molar-refractivity contribution in [2.75, 3.05) is 0 Å². The van der Waals surface area contributed by atoms with Crippen LogP contribution in [0.1, 0.15) is 17.3 Å². The van der Waals surface area contributed by atoms with Crippen LogP contribution in [0.3, 0.4) is 0 Å². The van der Waals surface area contributed by atoms with Crippen LogP contribution in [0.25, 0.3) is 0 Å². The number of carbonyl (C=O) groups is 1. The first kappa shape index (κ1) is 13.6. The van der Waals surface area contributed by atoms with E-state index in [1.807, 2.05) is 6.07 Å². The lowest BCUT2D eigenvalue weighted by Gasteiger charge is -2.13. The first-order valence-corrected chi connectivity index (χ1v) is 6.46. The number of nitrogens with one attached hydrogen (secondary N) is 1. The van der Waals surface area contributed by atoms with E-state index in [-0.39, 0.29) is 16.9 Å². The lowest BCUT2D eigenvalue weighted by Crippen LogP contribution is -2.41. The first-order valence-electron chi connectivity index (χ1n) is 4.47. The van der Waals surface area contributed by atoms with Crippen LogP contribution < -0.4 is 11.1 Å². The van der Waals surface area contributed by atoms with Crippen molar-refractivity contribution in [3.8, 4) is 0 Å². The Morgan fingerprint density at radius 1 is 1.50 bits per heavy atom. The lowest BCUT2D eigenvalue weighted by molar-refractivity contribution is 0.0948. The third kappa shape index (κ3) is 3.54. The van der Waals surface area contributed by atoms with Gasteiger partial charge in [0.05, 0.1) is 16.6 Å². The fourth-order valence-corrected chi connectivity index (χ4v) is 1.86. The normalized spacial score (nSPS) is 11.9. The van der Waals surface area contributed by atoms with E-state index in [0.29, 0.717) is 5.56 Å². The van der Waals surface area contributed by atoms with E-state index in [9.17, 15) is 4.79 Å². The highest BCUT2D eigenvalue weighted by molar-refractivity contribution is 9.11. The summed E-state index contributed by atoms with van der Waals surface area (Å²) < 4.78 is 1.56. The van der Waals surface area contributed by atoms with E-state index >= 15 is 0 Å². The van der Waals surface area contributed by atoms with Crippen molar-refractivity contribution >= 4 is 55.0 Å². The van der Waals surface area contributed by atoms with Gasteiger partial charge < -0.3 is 11.1 Å². The van der Waals surface area contributed by atoms with Crippen LogP contribution in [0.2, 0.25) is 0 Å². The van der Waals surface area contributed by atoms with Gasteiger partial charge in [-0.3, -0.25) is 4.79 Å². The molecular formula is C10H10Br2N2OS. The fourth-order valence-electron chi connectivity index (χ4n) is 1.02. The molecule has 0 aliphatic heterocycles. The zero-order valence-electron chi connectivity index (χ0n) is 8.46. The second-order valence-electron chi connectivity index (χ2n) is 3.22. The van der Waals surface area contributed by atoms with Gasteiger partial charge in [-0.05, 0) is 41.1 Å². The number of hydrogen-bond donors (Lipinski definition) is 2. The molecule has 0 heterocycles. The number of carbonyl (C=O) groups excluding carboxylic acids is 1. The molecule has 0 aliphatic rings. The molecule has 0 fully saturated rings. The average molecular weight is 366 g/mol. The van der Waals surface area contributed by atoms with Crippen molar-refractivity contribution in [2.45, 2.75) is 13.0 Å². The number of rotatable bonds is 3. The molecule has 1 atom stereocenters. The Labute approximate surface area is 116 Å². The predicted molar refractivity (Wildman–Crippen MR) is 75.6 cm³/mol. The maximum atomic E-state index is 11.9. The van der Waals surface area contributed by atoms with Crippen LogP contribution in [0.4, 0.5) is 0 Å². The Morgan fingerprint density at radius 2 is 2.12 bits per heavy atom. The average Bonchev–Trinajstić information content (AvgIpc) is 2.21. The summed E-state index contributed by atoms with van der Waals surface area (Å²) in [6, 6.07) is 5.04. The molecule has 86 valence electrons. The second kappa shape index (κ2) is 5.75. The summed E-state index contributed by atoms with van der Waals surface area (Å²) in [7, 11) is 0. The zero-order valence-corrected chi connectivity index (χ0v) is 12.4. The van der Waals surface area contributed by atoms with Crippen LogP contribution in [0.15, 0.2) is 27.1 Å². The molecule has 0 radical (unpaired) electrons. The van der Waals surface area contributed by atoms with E-state index in [4.69, 9.17) is 18.0 Å². The molecule has 0 aromatic heterocycles. The molecule has 0 spiro atoms. The second-order valence-corrected chi connectivity index (χ2v) is 5.46. The van der Waals surface area contributed by atoms with Gasteiger partial charge in [-0.1, -0.05) is 28.1 Å².